The molecule has 1 heterocycles. The van der Waals surface area contributed by atoms with Crippen LogP contribution >= 0.6 is 0 Å². The number of ketones is 1. The van der Waals surface area contributed by atoms with Crippen molar-refractivity contribution in [3.63, 3.8) is 0 Å². The molecule has 0 bridgehead atoms. The Morgan fingerprint density at radius 1 is 1.17 bits per heavy atom. The van der Waals surface area contributed by atoms with Crippen LogP contribution in [0.2, 0.25) is 0 Å². The molecule has 2 aromatic rings. The fraction of sp³-hybridized carbons (Fsp3) is 0.250. The molecule has 0 aliphatic rings. The maximum Gasteiger partial charge on any atom is 0.342 e. The van der Waals surface area contributed by atoms with Crippen molar-refractivity contribution in [3.05, 3.63) is 53.5 Å². The van der Waals surface area contributed by atoms with Crippen molar-refractivity contribution in [2.24, 2.45) is 0 Å². The van der Waals surface area contributed by atoms with E-state index in [0.717, 1.165) is 10.6 Å². The molecule has 24 heavy (non-hydrogen) atoms. The van der Waals surface area contributed by atoms with Crippen LogP contribution in [-0.4, -0.2) is 40.1 Å². The molecule has 0 aliphatic heterocycles. The monoisotopic (exact) mass is 351 g/mol. The second-order valence-electron chi connectivity index (χ2n) is 5.17. The normalized spacial score (nSPS) is 11.1. The molecule has 0 radical (unpaired) electrons. The van der Waals surface area contributed by atoms with Crippen molar-refractivity contribution in [1.29, 1.82) is 0 Å². The number of carbonyl (C=O) groups is 2. The molecule has 0 atom stereocenters. The molecular formula is C16H17NO6S. The molecule has 1 aromatic heterocycles. The molecule has 0 amide bonds. The maximum atomic E-state index is 12.0. The minimum atomic E-state index is -3.37. The molecule has 0 aliphatic carbocycles. The van der Waals surface area contributed by atoms with Gasteiger partial charge in [-0.2, -0.15) is 0 Å². The highest BCUT2D eigenvalue weighted by Gasteiger charge is 2.16. The van der Waals surface area contributed by atoms with Gasteiger partial charge in [0.15, 0.2) is 12.4 Å². The molecule has 0 unspecified atom stereocenters. The third-order valence-corrected chi connectivity index (χ3v) is 4.67. The molecule has 2 rings (SSSR count). The van der Waals surface area contributed by atoms with Crippen LogP contribution < -0.4 is 4.31 Å². The van der Waals surface area contributed by atoms with Gasteiger partial charge in [0, 0.05) is 12.6 Å². The number of hydrogen-bond acceptors (Lipinski definition) is 6. The quantitative estimate of drug-likeness (QED) is 0.584. The Morgan fingerprint density at radius 2 is 1.79 bits per heavy atom. The van der Waals surface area contributed by atoms with Crippen molar-refractivity contribution in [3.8, 4) is 0 Å². The molecule has 1 aromatic carbocycles. The van der Waals surface area contributed by atoms with Gasteiger partial charge < -0.3 is 9.15 Å². The molecule has 128 valence electrons. The minimum absolute atomic E-state index is 0.271. The maximum absolute atomic E-state index is 12.0. The van der Waals surface area contributed by atoms with Gasteiger partial charge in [-0.1, -0.05) is 0 Å². The Morgan fingerprint density at radius 3 is 2.29 bits per heavy atom. The fourth-order valence-corrected chi connectivity index (χ4v) is 2.44. The van der Waals surface area contributed by atoms with E-state index in [0.29, 0.717) is 17.0 Å². The van der Waals surface area contributed by atoms with Gasteiger partial charge in [-0.3, -0.25) is 9.10 Å². The summed E-state index contributed by atoms with van der Waals surface area (Å²) in [5.41, 5.74) is 1.02. The van der Waals surface area contributed by atoms with E-state index in [1.54, 1.807) is 6.92 Å². The van der Waals surface area contributed by atoms with Crippen LogP contribution in [-0.2, 0) is 14.8 Å². The molecular weight excluding hydrogens is 334 g/mol. The Bertz CT molecular complexity index is 851. The molecule has 0 spiro atoms. The van der Waals surface area contributed by atoms with Crippen LogP contribution in [0.5, 0.6) is 0 Å². The molecule has 7 nitrogen and oxygen atoms in total. The number of benzene rings is 1. The molecule has 0 fully saturated rings. The Balaban J connectivity index is 2.01. The van der Waals surface area contributed by atoms with Crippen molar-refractivity contribution in [2.45, 2.75) is 6.92 Å². The second kappa shape index (κ2) is 6.88. The van der Waals surface area contributed by atoms with Gasteiger partial charge in [0.2, 0.25) is 10.0 Å². The van der Waals surface area contributed by atoms with Crippen LogP contribution in [0.4, 0.5) is 5.69 Å². The zero-order chi connectivity index (χ0) is 17.9. The molecule has 0 saturated carbocycles. The summed E-state index contributed by atoms with van der Waals surface area (Å²) in [4.78, 5) is 23.9. The first kappa shape index (κ1) is 17.7. The van der Waals surface area contributed by atoms with E-state index in [4.69, 9.17) is 9.15 Å². The number of rotatable bonds is 6. The first-order chi connectivity index (χ1) is 11.2. The van der Waals surface area contributed by atoms with E-state index in [2.05, 4.69) is 0 Å². The number of hydrogen-bond donors (Lipinski definition) is 0. The van der Waals surface area contributed by atoms with Crippen molar-refractivity contribution < 1.29 is 27.2 Å². The number of anilines is 1. The van der Waals surface area contributed by atoms with Gasteiger partial charge in [0.1, 0.15) is 11.3 Å². The molecule has 0 N–H and O–H groups in total. The Labute approximate surface area is 139 Å². The van der Waals surface area contributed by atoms with E-state index in [1.165, 1.54) is 43.6 Å². The van der Waals surface area contributed by atoms with Gasteiger partial charge in [0.25, 0.3) is 0 Å². The van der Waals surface area contributed by atoms with Gasteiger partial charge in [-0.05, 0) is 37.3 Å². The zero-order valence-corrected chi connectivity index (χ0v) is 14.3. The molecule has 0 saturated heterocycles. The number of aryl methyl sites for hydroxylation is 1. The zero-order valence-electron chi connectivity index (χ0n) is 13.5. The number of nitrogens with zero attached hydrogens (tertiary/aromatic N) is 1. The van der Waals surface area contributed by atoms with Crippen molar-refractivity contribution in [1.82, 2.24) is 0 Å². The third kappa shape index (κ3) is 4.02. The Hall–Kier alpha value is -2.61. The predicted molar refractivity (Wildman–Crippen MR) is 87.7 cm³/mol. The summed E-state index contributed by atoms with van der Waals surface area (Å²) < 4.78 is 34.0. The summed E-state index contributed by atoms with van der Waals surface area (Å²) >= 11 is 0. The van der Waals surface area contributed by atoms with Crippen LogP contribution in [0.15, 0.2) is 41.0 Å². The lowest BCUT2D eigenvalue weighted by molar-refractivity contribution is 0.0473. The predicted octanol–water partition coefficient (Wildman–Crippen LogP) is 2.02. The number of furan rings is 1. The lowest BCUT2D eigenvalue weighted by Crippen LogP contribution is -2.24. The van der Waals surface area contributed by atoms with Gasteiger partial charge in [-0.25, -0.2) is 13.2 Å². The highest BCUT2D eigenvalue weighted by atomic mass is 32.2. The van der Waals surface area contributed by atoms with E-state index >= 15 is 0 Å². The number of carbonyl (C=O) groups excluding carboxylic acids is 2. The van der Waals surface area contributed by atoms with Gasteiger partial charge >= 0.3 is 5.97 Å². The number of sulfonamides is 1. The summed E-state index contributed by atoms with van der Waals surface area (Å²) in [7, 11) is -1.95. The van der Waals surface area contributed by atoms with Crippen LogP contribution in [0.3, 0.4) is 0 Å². The first-order valence-corrected chi connectivity index (χ1v) is 8.83. The highest BCUT2D eigenvalue weighted by molar-refractivity contribution is 7.92. The average molecular weight is 351 g/mol. The number of ether oxygens (including phenoxy) is 1. The van der Waals surface area contributed by atoms with Gasteiger partial charge in [-0.15, -0.1) is 0 Å². The third-order valence-electron chi connectivity index (χ3n) is 3.46. The number of esters is 1. The largest absolute Gasteiger partial charge is 0.469 e. The minimum Gasteiger partial charge on any atom is -0.469 e. The van der Waals surface area contributed by atoms with Crippen LogP contribution in [0.1, 0.15) is 26.5 Å². The standard InChI is InChI=1S/C16H17NO6S/c1-11-14(8-9-22-11)16(19)23-10-15(18)12-4-6-13(7-5-12)17(2)24(3,20)21/h4-9H,10H2,1-3H3. The summed E-state index contributed by atoms with van der Waals surface area (Å²) in [6.45, 7) is 1.21. The van der Waals surface area contributed by atoms with Crippen LogP contribution in [0.25, 0.3) is 0 Å². The van der Waals surface area contributed by atoms with E-state index in [9.17, 15) is 18.0 Å². The summed E-state index contributed by atoms with van der Waals surface area (Å²) in [6, 6.07) is 7.46. The number of Topliss-reactive ketones (excluding diaryl/α,β-unsaturated/α-hetero) is 1. The highest BCUT2D eigenvalue weighted by Crippen LogP contribution is 2.17. The second-order valence-corrected chi connectivity index (χ2v) is 7.18. The van der Waals surface area contributed by atoms with Crippen molar-refractivity contribution >= 4 is 27.5 Å². The Kier molecular flexibility index (Phi) is 5.08. The van der Waals surface area contributed by atoms with E-state index < -0.39 is 28.4 Å². The lowest BCUT2D eigenvalue weighted by atomic mass is 10.1. The van der Waals surface area contributed by atoms with E-state index in [-0.39, 0.29) is 5.56 Å². The van der Waals surface area contributed by atoms with E-state index in [1.807, 2.05) is 0 Å². The average Bonchev–Trinajstić information content (AvgIpc) is 2.97. The van der Waals surface area contributed by atoms with Gasteiger partial charge in [0.05, 0.1) is 18.2 Å². The summed E-state index contributed by atoms with van der Waals surface area (Å²) in [5.74, 6) is -0.610. The SMILES string of the molecule is Cc1occc1C(=O)OCC(=O)c1ccc(N(C)S(C)(=O)=O)cc1. The fourth-order valence-electron chi connectivity index (χ4n) is 1.94. The topological polar surface area (TPSA) is 93.9 Å². The van der Waals surface area contributed by atoms with Crippen LogP contribution in [0, 0.1) is 6.92 Å². The lowest BCUT2D eigenvalue weighted by Gasteiger charge is -2.16. The summed E-state index contributed by atoms with van der Waals surface area (Å²) in [6.07, 6.45) is 2.45. The van der Waals surface area contributed by atoms with Crippen molar-refractivity contribution in [2.75, 3.05) is 24.2 Å². The first-order valence-electron chi connectivity index (χ1n) is 6.98. The molecule has 8 heteroatoms. The summed E-state index contributed by atoms with van der Waals surface area (Å²) in [5, 5.41) is 0. The smallest absolute Gasteiger partial charge is 0.342 e.